The van der Waals surface area contributed by atoms with Gasteiger partial charge in [0.25, 0.3) is 0 Å². The molecule has 0 aliphatic heterocycles. The van der Waals surface area contributed by atoms with Crippen LogP contribution in [0, 0.1) is 5.82 Å². The van der Waals surface area contributed by atoms with Crippen molar-refractivity contribution in [3.05, 3.63) is 115 Å². The maximum Gasteiger partial charge on any atom is 0.344 e. The molecule has 5 aromatic rings. The Morgan fingerprint density at radius 2 is 1.24 bits per heavy atom. The number of rotatable bonds is 3. The second kappa shape index (κ2) is 7.90. The van der Waals surface area contributed by atoms with E-state index in [0.29, 0.717) is 4.47 Å². The van der Waals surface area contributed by atoms with Crippen LogP contribution >= 0.6 is 15.9 Å². The monoisotopic (exact) mass is 508 g/mol. The first-order valence-corrected chi connectivity index (χ1v) is 10.6. The van der Waals surface area contributed by atoms with E-state index in [1.165, 1.54) is 36.4 Å². The minimum absolute atomic E-state index is 0.118. The van der Waals surface area contributed by atoms with Crippen LogP contribution in [-0.4, -0.2) is 10.2 Å². The Morgan fingerprint density at radius 1 is 0.758 bits per heavy atom. The zero-order valence-corrected chi connectivity index (χ0v) is 18.3. The molecule has 0 atom stereocenters. The van der Waals surface area contributed by atoms with Crippen molar-refractivity contribution in [2.24, 2.45) is 0 Å². The zero-order chi connectivity index (χ0) is 23.3. The fraction of sp³-hybridized carbons (Fsp3) is 0.0400. The van der Waals surface area contributed by atoms with Crippen molar-refractivity contribution < 1.29 is 23.4 Å². The Hall–Kier alpha value is -3.91. The van der Waals surface area contributed by atoms with E-state index in [9.17, 15) is 19.8 Å². The number of aromatic hydroxyl groups is 2. The molecule has 0 unspecified atom stereocenters. The normalized spacial score (nSPS) is 11.5. The third-order valence-corrected chi connectivity index (χ3v) is 5.98. The third kappa shape index (κ3) is 3.39. The summed E-state index contributed by atoms with van der Waals surface area (Å²) in [6.07, 6.45) is 0. The van der Waals surface area contributed by atoms with Gasteiger partial charge in [0, 0.05) is 10.0 Å². The molecule has 33 heavy (non-hydrogen) atoms. The number of fused-ring (bicyclic) bond motifs is 2. The lowest BCUT2D eigenvalue weighted by Gasteiger charge is -2.20. The predicted molar refractivity (Wildman–Crippen MR) is 123 cm³/mol. The number of halogens is 2. The summed E-state index contributed by atoms with van der Waals surface area (Å²) < 4.78 is 26.3. The largest absolute Gasteiger partial charge is 0.507 e. The molecule has 0 aliphatic rings. The van der Waals surface area contributed by atoms with Crippen molar-refractivity contribution >= 4 is 37.9 Å². The minimum Gasteiger partial charge on any atom is -0.507 e. The van der Waals surface area contributed by atoms with Gasteiger partial charge in [0.1, 0.15) is 28.5 Å². The van der Waals surface area contributed by atoms with Crippen LogP contribution in [0.15, 0.2) is 89.6 Å². The van der Waals surface area contributed by atoms with Gasteiger partial charge in [0.05, 0.1) is 27.8 Å². The van der Waals surface area contributed by atoms with Crippen molar-refractivity contribution in [3.63, 3.8) is 0 Å². The zero-order valence-electron chi connectivity index (χ0n) is 16.7. The average Bonchev–Trinajstić information content (AvgIpc) is 2.79. The van der Waals surface area contributed by atoms with E-state index >= 15 is 4.39 Å². The van der Waals surface area contributed by atoms with Gasteiger partial charge in [-0.3, -0.25) is 0 Å². The summed E-state index contributed by atoms with van der Waals surface area (Å²) in [7, 11) is 0. The molecule has 2 heterocycles. The summed E-state index contributed by atoms with van der Waals surface area (Å²) in [6, 6.07) is 16.5. The van der Waals surface area contributed by atoms with Gasteiger partial charge in [-0.15, -0.1) is 0 Å². The Labute approximate surface area is 193 Å². The lowest BCUT2D eigenvalue weighted by atomic mass is 9.84. The highest BCUT2D eigenvalue weighted by Crippen LogP contribution is 2.43. The van der Waals surface area contributed by atoms with Gasteiger partial charge in [-0.1, -0.05) is 40.2 Å². The van der Waals surface area contributed by atoms with Crippen LogP contribution in [0.25, 0.3) is 21.9 Å². The predicted octanol–water partition coefficient (Wildman–Crippen LogP) is 5.39. The summed E-state index contributed by atoms with van der Waals surface area (Å²) in [5, 5.41) is 22.5. The molecular formula is C25H14BrFO6. The van der Waals surface area contributed by atoms with Crippen LogP contribution in [-0.2, 0) is 0 Å². The Balaban J connectivity index is 1.95. The fourth-order valence-corrected chi connectivity index (χ4v) is 4.37. The van der Waals surface area contributed by atoms with Crippen molar-refractivity contribution in [2.45, 2.75) is 5.92 Å². The van der Waals surface area contributed by atoms with Crippen LogP contribution < -0.4 is 11.3 Å². The molecule has 5 rings (SSSR count). The molecule has 0 saturated carbocycles. The molecule has 0 fully saturated rings. The Morgan fingerprint density at radius 3 is 1.76 bits per heavy atom. The van der Waals surface area contributed by atoms with Crippen LogP contribution in [0.2, 0.25) is 0 Å². The molecule has 0 aliphatic carbocycles. The topological polar surface area (TPSA) is 101 Å². The van der Waals surface area contributed by atoms with E-state index in [2.05, 4.69) is 15.9 Å². The second-order valence-corrected chi connectivity index (χ2v) is 8.31. The minimum atomic E-state index is -1.52. The van der Waals surface area contributed by atoms with Gasteiger partial charge in [-0.25, -0.2) is 14.0 Å². The van der Waals surface area contributed by atoms with E-state index < -0.39 is 45.6 Å². The van der Waals surface area contributed by atoms with Crippen molar-refractivity contribution in [1.29, 1.82) is 0 Å². The van der Waals surface area contributed by atoms with Crippen LogP contribution in [0.1, 0.15) is 22.6 Å². The van der Waals surface area contributed by atoms with E-state index in [1.54, 1.807) is 24.3 Å². The Kier molecular flexibility index (Phi) is 5.02. The summed E-state index contributed by atoms with van der Waals surface area (Å²) in [5.41, 5.74) is -2.67. The summed E-state index contributed by atoms with van der Waals surface area (Å²) in [4.78, 5) is 26.1. The van der Waals surface area contributed by atoms with Crippen molar-refractivity contribution in [1.82, 2.24) is 0 Å². The van der Waals surface area contributed by atoms with E-state index in [-0.39, 0.29) is 27.5 Å². The molecule has 0 saturated heterocycles. The molecule has 0 radical (unpaired) electrons. The van der Waals surface area contributed by atoms with Crippen molar-refractivity contribution in [3.8, 4) is 11.5 Å². The third-order valence-electron chi connectivity index (χ3n) is 5.49. The molecule has 0 amide bonds. The molecule has 3 aromatic carbocycles. The maximum absolute atomic E-state index is 15.1. The van der Waals surface area contributed by atoms with Crippen LogP contribution in [0.3, 0.4) is 0 Å². The summed E-state index contributed by atoms with van der Waals surface area (Å²) >= 11 is 3.27. The highest BCUT2D eigenvalue weighted by atomic mass is 79.9. The molecular weight excluding hydrogens is 495 g/mol. The molecule has 2 N–H and O–H groups in total. The van der Waals surface area contributed by atoms with E-state index in [1.807, 2.05) is 0 Å². The maximum atomic E-state index is 15.1. The fourth-order valence-electron chi connectivity index (χ4n) is 4.00. The first-order valence-electron chi connectivity index (χ1n) is 9.81. The summed E-state index contributed by atoms with van der Waals surface area (Å²) in [6.45, 7) is 0. The lowest BCUT2D eigenvalue weighted by Crippen LogP contribution is -2.22. The van der Waals surface area contributed by atoms with Gasteiger partial charge >= 0.3 is 11.3 Å². The van der Waals surface area contributed by atoms with Crippen molar-refractivity contribution in [2.75, 3.05) is 0 Å². The van der Waals surface area contributed by atoms with Gasteiger partial charge in [-0.2, -0.15) is 0 Å². The number of hydrogen-bond donors (Lipinski definition) is 2. The molecule has 0 bridgehead atoms. The smallest absolute Gasteiger partial charge is 0.344 e. The standard InChI is InChI=1S/C25H14BrFO6/c26-12-9-10-16(27)15(11-12)19(20-22(28)13-5-1-3-7-17(13)32-24(20)30)21-23(29)14-6-2-4-8-18(14)33-25(21)31/h1-11,19,28-29H. The molecule has 2 aromatic heterocycles. The first-order chi connectivity index (χ1) is 15.9. The van der Waals surface area contributed by atoms with Crippen LogP contribution in [0.5, 0.6) is 11.5 Å². The SMILES string of the molecule is O=c1oc2ccccc2c(O)c1C(c1cc(Br)ccc1F)c1c(O)c2ccccc2oc1=O. The highest BCUT2D eigenvalue weighted by molar-refractivity contribution is 9.10. The number of hydrogen-bond acceptors (Lipinski definition) is 6. The second-order valence-electron chi connectivity index (χ2n) is 7.39. The van der Waals surface area contributed by atoms with Crippen LogP contribution in [0.4, 0.5) is 4.39 Å². The van der Waals surface area contributed by atoms with E-state index in [0.717, 1.165) is 6.07 Å². The van der Waals surface area contributed by atoms with Gasteiger partial charge in [0.15, 0.2) is 0 Å². The molecule has 6 nitrogen and oxygen atoms in total. The lowest BCUT2D eigenvalue weighted by molar-refractivity contribution is 0.439. The quantitative estimate of drug-likeness (QED) is 0.317. The van der Waals surface area contributed by atoms with Gasteiger partial charge < -0.3 is 19.0 Å². The molecule has 164 valence electrons. The summed E-state index contributed by atoms with van der Waals surface area (Å²) in [5.74, 6) is -3.26. The van der Waals surface area contributed by atoms with Gasteiger partial charge in [-0.05, 0) is 42.5 Å². The average molecular weight is 509 g/mol. The first kappa shape index (κ1) is 21.0. The van der Waals surface area contributed by atoms with Gasteiger partial charge in [0.2, 0.25) is 0 Å². The Bertz CT molecular complexity index is 1570. The molecule has 8 heteroatoms. The number of para-hydroxylation sites is 2. The molecule has 0 spiro atoms. The highest BCUT2D eigenvalue weighted by Gasteiger charge is 2.34. The number of benzene rings is 3. The van der Waals surface area contributed by atoms with E-state index in [4.69, 9.17) is 8.83 Å².